The van der Waals surface area contributed by atoms with Crippen molar-refractivity contribution in [3.05, 3.63) is 64.7 Å². The summed E-state index contributed by atoms with van der Waals surface area (Å²) in [5.74, 6) is 0.558. The first-order valence-electron chi connectivity index (χ1n) is 7.96. The number of hydrogen-bond acceptors (Lipinski definition) is 4. The summed E-state index contributed by atoms with van der Waals surface area (Å²) in [6.45, 7) is 0.618. The van der Waals surface area contributed by atoms with Crippen LogP contribution >= 0.6 is 11.6 Å². The van der Waals surface area contributed by atoms with Gasteiger partial charge in [-0.3, -0.25) is 4.79 Å². The maximum atomic E-state index is 11.6. The third kappa shape index (κ3) is 4.08. The normalized spacial score (nSPS) is 19.9. The zero-order chi connectivity index (χ0) is 16.9. The van der Waals surface area contributed by atoms with Crippen LogP contribution in [0.5, 0.6) is 5.75 Å². The van der Waals surface area contributed by atoms with Crippen LogP contribution in [-0.2, 0) is 16.0 Å². The van der Waals surface area contributed by atoms with E-state index in [0.29, 0.717) is 18.0 Å². The van der Waals surface area contributed by atoms with Crippen molar-refractivity contribution < 1.29 is 14.3 Å². The predicted molar refractivity (Wildman–Crippen MR) is 93.5 cm³/mol. The van der Waals surface area contributed by atoms with Crippen LogP contribution in [0.25, 0.3) is 0 Å². The molecule has 5 heteroatoms. The fourth-order valence-electron chi connectivity index (χ4n) is 2.91. The van der Waals surface area contributed by atoms with Gasteiger partial charge in [0.15, 0.2) is 0 Å². The molecule has 0 bridgehead atoms. The van der Waals surface area contributed by atoms with Crippen LogP contribution in [0.4, 0.5) is 0 Å². The number of ether oxygens (including phenoxy) is 2. The summed E-state index contributed by atoms with van der Waals surface area (Å²) in [5.41, 5.74) is 2.23. The largest absolute Gasteiger partial charge is 0.489 e. The first kappa shape index (κ1) is 16.8. The van der Waals surface area contributed by atoms with Gasteiger partial charge in [-0.2, -0.15) is 0 Å². The maximum absolute atomic E-state index is 11.6. The second-order valence-corrected chi connectivity index (χ2v) is 6.31. The Hall–Kier alpha value is -2.04. The molecule has 0 amide bonds. The summed E-state index contributed by atoms with van der Waals surface area (Å²) in [6.07, 6.45) is 1.28. The molecule has 2 aromatic carbocycles. The SMILES string of the molecule is COC(=O)[C@H]1C[C@@H](Oc2ccc(Cl)cc2Cc2ccccc2)CN1. The Bertz CT molecular complexity index is 705. The summed E-state index contributed by atoms with van der Waals surface area (Å²) in [6, 6.07) is 15.5. The summed E-state index contributed by atoms with van der Waals surface area (Å²) < 4.78 is 10.9. The van der Waals surface area contributed by atoms with Crippen molar-refractivity contribution in [3.8, 4) is 5.75 Å². The number of hydrogen-bond donors (Lipinski definition) is 1. The molecule has 2 aromatic rings. The molecule has 3 rings (SSSR count). The van der Waals surface area contributed by atoms with Gasteiger partial charge in [-0.1, -0.05) is 41.9 Å². The van der Waals surface area contributed by atoms with Gasteiger partial charge < -0.3 is 14.8 Å². The van der Waals surface area contributed by atoms with Crippen LogP contribution in [0.3, 0.4) is 0 Å². The third-order valence-corrected chi connectivity index (χ3v) is 4.36. The van der Waals surface area contributed by atoms with E-state index in [1.165, 1.54) is 12.7 Å². The van der Waals surface area contributed by atoms with Crippen molar-refractivity contribution in [2.24, 2.45) is 0 Å². The Balaban J connectivity index is 1.73. The number of carbonyl (C=O) groups excluding carboxylic acids is 1. The van der Waals surface area contributed by atoms with Crippen molar-refractivity contribution in [2.45, 2.75) is 25.0 Å². The van der Waals surface area contributed by atoms with E-state index < -0.39 is 0 Å². The lowest BCUT2D eigenvalue weighted by Crippen LogP contribution is -2.31. The molecular weight excluding hydrogens is 326 g/mol. The molecule has 1 aliphatic heterocycles. The summed E-state index contributed by atoms with van der Waals surface area (Å²) in [4.78, 5) is 11.6. The molecule has 0 saturated carbocycles. The molecule has 24 heavy (non-hydrogen) atoms. The van der Waals surface area contributed by atoms with Gasteiger partial charge in [-0.05, 0) is 29.3 Å². The minimum atomic E-state index is -0.301. The maximum Gasteiger partial charge on any atom is 0.323 e. The topological polar surface area (TPSA) is 47.6 Å². The van der Waals surface area contributed by atoms with Gasteiger partial charge in [0.2, 0.25) is 0 Å². The van der Waals surface area contributed by atoms with Crippen molar-refractivity contribution >= 4 is 17.6 Å². The molecule has 0 unspecified atom stereocenters. The second-order valence-electron chi connectivity index (χ2n) is 5.87. The van der Waals surface area contributed by atoms with Gasteiger partial charge in [0.1, 0.15) is 17.9 Å². The molecule has 0 aliphatic carbocycles. The van der Waals surface area contributed by atoms with E-state index in [9.17, 15) is 4.79 Å². The average Bonchev–Trinajstić information content (AvgIpc) is 3.06. The predicted octanol–water partition coefficient (Wildman–Crippen LogP) is 3.21. The summed E-state index contributed by atoms with van der Waals surface area (Å²) >= 11 is 6.15. The Kier molecular flexibility index (Phi) is 5.38. The molecule has 2 atom stereocenters. The highest BCUT2D eigenvalue weighted by molar-refractivity contribution is 6.30. The second kappa shape index (κ2) is 7.69. The molecule has 0 radical (unpaired) electrons. The fourth-order valence-corrected chi connectivity index (χ4v) is 3.11. The highest BCUT2D eigenvalue weighted by Gasteiger charge is 2.31. The zero-order valence-corrected chi connectivity index (χ0v) is 14.3. The smallest absolute Gasteiger partial charge is 0.323 e. The van der Waals surface area contributed by atoms with Crippen molar-refractivity contribution in [1.82, 2.24) is 5.32 Å². The van der Waals surface area contributed by atoms with Gasteiger partial charge >= 0.3 is 5.97 Å². The number of benzene rings is 2. The van der Waals surface area contributed by atoms with Gasteiger partial charge in [-0.15, -0.1) is 0 Å². The molecule has 1 heterocycles. The van der Waals surface area contributed by atoms with E-state index >= 15 is 0 Å². The summed E-state index contributed by atoms with van der Waals surface area (Å²) in [7, 11) is 1.40. The standard InChI is InChI=1S/C19H20ClNO3/c1-23-19(22)17-11-16(12-21-17)24-18-8-7-15(20)10-14(18)9-13-5-3-2-4-6-13/h2-8,10,16-17,21H,9,11-12H2,1H3/t16-,17-/m1/s1. The zero-order valence-electron chi connectivity index (χ0n) is 13.5. The van der Waals surface area contributed by atoms with Gasteiger partial charge in [0.25, 0.3) is 0 Å². The molecule has 1 aliphatic rings. The number of esters is 1. The molecular formula is C19H20ClNO3. The lowest BCUT2D eigenvalue weighted by molar-refractivity contribution is -0.142. The molecule has 126 valence electrons. The molecule has 4 nitrogen and oxygen atoms in total. The van der Waals surface area contributed by atoms with Gasteiger partial charge in [0, 0.05) is 24.4 Å². The van der Waals surface area contributed by atoms with Crippen LogP contribution in [0, 0.1) is 0 Å². The number of methoxy groups -OCH3 is 1. The average molecular weight is 346 g/mol. The molecule has 1 N–H and O–H groups in total. The van der Waals surface area contributed by atoms with E-state index in [0.717, 1.165) is 17.7 Å². The summed E-state index contributed by atoms with van der Waals surface area (Å²) in [5, 5.41) is 3.82. The van der Waals surface area contributed by atoms with Gasteiger partial charge in [-0.25, -0.2) is 0 Å². The number of carbonyl (C=O) groups is 1. The van der Waals surface area contributed by atoms with Crippen LogP contribution in [0.1, 0.15) is 17.5 Å². The molecule has 1 saturated heterocycles. The van der Waals surface area contributed by atoms with Gasteiger partial charge in [0.05, 0.1) is 7.11 Å². The van der Waals surface area contributed by atoms with Crippen LogP contribution in [0.15, 0.2) is 48.5 Å². The molecule has 0 spiro atoms. The number of rotatable bonds is 5. The van der Waals surface area contributed by atoms with E-state index in [-0.39, 0.29) is 18.1 Å². The quantitative estimate of drug-likeness (QED) is 0.845. The van der Waals surface area contributed by atoms with Crippen LogP contribution < -0.4 is 10.1 Å². The highest BCUT2D eigenvalue weighted by Crippen LogP contribution is 2.28. The Labute approximate surface area is 146 Å². The van der Waals surface area contributed by atoms with E-state index in [1.54, 1.807) is 0 Å². The first-order chi connectivity index (χ1) is 11.7. The number of nitrogens with one attached hydrogen (secondary N) is 1. The lowest BCUT2D eigenvalue weighted by atomic mass is 10.0. The molecule has 0 aromatic heterocycles. The Morgan fingerprint density at radius 1 is 1.25 bits per heavy atom. The van der Waals surface area contributed by atoms with Crippen LogP contribution in [-0.4, -0.2) is 31.8 Å². The third-order valence-electron chi connectivity index (χ3n) is 4.13. The Morgan fingerprint density at radius 2 is 2.04 bits per heavy atom. The van der Waals surface area contributed by atoms with Crippen LogP contribution in [0.2, 0.25) is 5.02 Å². The first-order valence-corrected chi connectivity index (χ1v) is 8.33. The van der Waals surface area contributed by atoms with E-state index in [2.05, 4.69) is 17.4 Å². The highest BCUT2D eigenvalue weighted by atomic mass is 35.5. The van der Waals surface area contributed by atoms with Crippen molar-refractivity contribution in [1.29, 1.82) is 0 Å². The minimum absolute atomic E-state index is 0.0650. The van der Waals surface area contributed by atoms with Crippen molar-refractivity contribution in [3.63, 3.8) is 0 Å². The van der Waals surface area contributed by atoms with Crippen molar-refractivity contribution in [2.75, 3.05) is 13.7 Å². The van der Waals surface area contributed by atoms with E-state index in [1.807, 2.05) is 36.4 Å². The van der Waals surface area contributed by atoms with E-state index in [4.69, 9.17) is 21.1 Å². The molecule has 1 fully saturated rings. The number of halogens is 1. The fraction of sp³-hybridized carbons (Fsp3) is 0.316. The minimum Gasteiger partial charge on any atom is -0.489 e. The lowest BCUT2D eigenvalue weighted by Gasteiger charge is -2.17. The monoisotopic (exact) mass is 345 g/mol. The Morgan fingerprint density at radius 3 is 2.79 bits per heavy atom.